The van der Waals surface area contributed by atoms with E-state index in [1.54, 1.807) is 28.8 Å². The molecule has 0 aliphatic rings. The number of hydrogen-bond acceptors (Lipinski definition) is 3. The van der Waals surface area contributed by atoms with Gasteiger partial charge in [-0.2, -0.15) is 5.26 Å². The van der Waals surface area contributed by atoms with Crippen molar-refractivity contribution in [2.45, 2.75) is 6.92 Å². The zero-order valence-electron chi connectivity index (χ0n) is 10.9. The maximum absolute atomic E-state index is 12.0. The van der Waals surface area contributed by atoms with Gasteiger partial charge in [0.05, 0.1) is 17.3 Å². The van der Waals surface area contributed by atoms with Gasteiger partial charge in [0, 0.05) is 13.2 Å². The van der Waals surface area contributed by atoms with Crippen molar-refractivity contribution in [3.05, 3.63) is 53.3 Å². The molecule has 0 saturated carbocycles. The van der Waals surface area contributed by atoms with Crippen molar-refractivity contribution < 1.29 is 9.53 Å². The summed E-state index contributed by atoms with van der Waals surface area (Å²) in [5, 5.41) is 8.84. The Morgan fingerprint density at radius 1 is 1.42 bits per heavy atom. The molecule has 4 heteroatoms. The standard InChI is InChI=1S/C15H14N2O2/c1-11-5-6-12(9-16)8-15(11)19-10-14(18)13-4-3-7-17(13)2/h3-8H,10H2,1-2H3. The number of hydrogen-bond donors (Lipinski definition) is 0. The number of carbonyl (C=O) groups is 1. The van der Waals surface area contributed by atoms with E-state index in [2.05, 4.69) is 0 Å². The molecule has 0 N–H and O–H groups in total. The number of ketones is 1. The molecule has 19 heavy (non-hydrogen) atoms. The molecule has 1 aromatic carbocycles. The summed E-state index contributed by atoms with van der Waals surface area (Å²) in [6, 6.07) is 10.8. The number of rotatable bonds is 4. The average Bonchev–Trinajstić information content (AvgIpc) is 2.84. The minimum Gasteiger partial charge on any atom is -0.485 e. The molecule has 0 aliphatic carbocycles. The zero-order chi connectivity index (χ0) is 13.8. The third-order valence-corrected chi connectivity index (χ3v) is 2.91. The summed E-state index contributed by atoms with van der Waals surface area (Å²) < 4.78 is 7.26. The smallest absolute Gasteiger partial charge is 0.216 e. The van der Waals surface area contributed by atoms with E-state index in [9.17, 15) is 4.79 Å². The van der Waals surface area contributed by atoms with Crippen LogP contribution in [0.2, 0.25) is 0 Å². The number of nitrogens with zero attached hydrogens (tertiary/aromatic N) is 2. The summed E-state index contributed by atoms with van der Waals surface area (Å²) in [5.41, 5.74) is 2.03. The number of aryl methyl sites for hydroxylation is 2. The highest BCUT2D eigenvalue weighted by atomic mass is 16.5. The Hall–Kier alpha value is -2.54. The number of benzene rings is 1. The Bertz CT molecular complexity index is 650. The van der Waals surface area contributed by atoms with Gasteiger partial charge in [0.25, 0.3) is 0 Å². The summed E-state index contributed by atoms with van der Waals surface area (Å²) in [4.78, 5) is 12.0. The van der Waals surface area contributed by atoms with Crippen LogP contribution in [-0.2, 0) is 7.05 Å². The summed E-state index contributed by atoms with van der Waals surface area (Å²) in [6.45, 7) is 1.84. The average molecular weight is 254 g/mol. The molecule has 0 atom stereocenters. The van der Waals surface area contributed by atoms with E-state index in [1.165, 1.54) is 0 Å². The summed E-state index contributed by atoms with van der Waals surface area (Å²) in [6.07, 6.45) is 1.81. The second-order valence-corrected chi connectivity index (χ2v) is 4.31. The predicted octanol–water partition coefficient (Wildman–Crippen LogP) is 2.47. The van der Waals surface area contributed by atoms with Gasteiger partial charge in [-0.25, -0.2) is 0 Å². The molecule has 4 nitrogen and oxygen atoms in total. The van der Waals surface area contributed by atoms with E-state index in [0.29, 0.717) is 17.0 Å². The fourth-order valence-electron chi connectivity index (χ4n) is 1.79. The van der Waals surface area contributed by atoms with Crippen molar-refractivity contribution in [3.8, 4) is 11.8 Å². The molecule has 0 amide bonds. The third kappa shape index (κ3) is 2.83. The first-order chi connectivity index (χ1) is 9.11. The van der Waals surface area contributed by atoms with Crippen molar-refractivity contribution >= 4 is 5.78 Å². The lowest BCUT2D eigenvalue weighted by molar-refractivity contribution is 0.0913. The molecule has 96 valence electrons. The number of nitriles is 1. The molecular formula is C15H14N2O2. The Kier molecular flexibility index (Phi) is 3.67. The molecule has 0 spiro atoms. The highest BCUT2D eigenvalue weighted by Crippen LogP contribution is 2.19. The van der Waals surface area contributed by atoms with Crippen LogP contribution in [0.3, 0.4) is 0 Å². The first kappa shape index (κ1) is 12.9. The fourth-order valence-corrected chi connectivity index (χ4v) is 1.79. The van der Waals surface area contributed by atoms with E-state index >= 15 is 0 Å². The maximum Gasteiger partial charge on any atom is 0.216 e. The van der Waals surface area contributed by atoms with Crippen LogP contribution < -0.4 is 4.74 Å². The van der Waals surface area contributed by atoms with Gasteiger partial charge in [0.15, 0.2) is 6.61 Å². The molecule has 1 heterocycles. The lowest BCUT2D eigenvalue weighted by atomic mass is 10.1. The molecular weight excluding hydrogens is 240 g/mol. The van der Waals surface area contributed by atoms with Gasteiger partial charge in [-0.05, 0) is 36.8 Å². The van der Waals surface area contributed by atoms with E-state index in [1.807, 2.05) is 32.3 Å². The summed E-state index contributed by atoms with van der Waals surface area (Å²) >= 11 is 0. The van der Waals surface area contributed by atoms with Crippen LogP contribution in [0.15, 0.2) is 36.5 Å². The zero-order valence-corrected chi connectivity index (χ0v) is 10.9. The van der Waals surface area contributed by atoms with Crippen LogP contribution in [0, 0.1) is 18.3 Å². The molecule has 0 radical (unpaired) electrons. The number of Topliss-reactive ketones (excluding diaryl/α,β-unsaturated/α-hetero) is 1. The number of carbonyl (C=O) groups excluding carboxylic acids is 1. The van der Waals surface area contributed by atoms with Crippen LogP contribution in [0.1, 0.15) is 21.6 Å². The monoisotopic (exact) mass is 254 g/mol. The molecule has 2 rings (SSSR count). The summed E-state index contributed by atoms with van der Waals surface area (Å²) in [5.74, 6) is 0.482. The molecule has 0 unspecified atom stereocenters. The minimum absolute atomic E-state index is 0.0342. The number of aromatic nitrogens is 1. The van der Waals surface area contributed by atoms with Crippen LogP contribution in [0.4, 0.5) is 0 Å². The van der Waals surface area contributed by atoms with Gasteiger partial charge in [0.2, 0.25) is 5.78 Å². The second kappa shape index (κ2) is 5.40. The SMILES string of the molecule is Cc1ccc(C#N)cc1OCC(=O)c1cccn1C. The lowest BCUT2D eigenvalue weighted by Crippen LogP contribution is -2.15. The van der Waals surface area contributed by atoms with E-state index < -0.39 is 0 Å². The molecule has 0 aliphatic heterocycles. The molecule has 1 aromatic heterocycles. The van der Waals surface area contributed by atoms with Gasteiger partial charge < -0.3 is 9.30 Å². The summed E-state index contributed by atoms with van der Waals surface area (Å²) in [7, 11) is 1.81. The normalized spacial score (nSPS) is 9.95. The second-order valence-electron chi connectivity index (χ2n) is 4.31. The van der Waals surface area contributed by atoms with Crippen molar-refractivity contribution in [1.82, 2.24) is 4.57 Å². The Morgan fingerprint density at radius 2 is 2.21 bits per heavy atom. The Labute approximate surface area is 111 Å². The van der Waals surface area contributed by atoms with Gasteiger partial charge in [0.1, 0.15) is 5.75 Å². The Morgan fingerprint density at radius 3 is 2.84 bits per heavy atom. The van der Waals surface area contributed by atoms with Gasteiger partial charge in [-0.1, -0.05) is 6.07 Å². The van der Waals surface area contributed by atoms with E-state index in [0.717, 1.165) is 5.56 Å². The van der Waals surface area contributed by atoms with E-state index in [-0.39, 0.29) is 12.4 Å². The molecule has 0 saturated heterocycles. The Balaban J connectivity index is 2.09. The van der Waals surface area contributed by atoms with Gasteiger partial charge in [-0.15, -0.1) is 0 Å². The van der Waals surface area contributed by atoms with Crippen molar-refractivity contribution in [2.75, 3.05) is 6.61 Å². The predicted molar refractivity (Wildman–Crippen MR) is 71.1 cm³/mol. The van der Waals surface area contributed by atoms with Crippen molar-refractivity contribution in [1.29, 1.82) is 5.26 Å². The lowest BCUT2D eigenvalue weighted by Gasteiger charge is -2.09. The minimum atomic E-state index is -0.0886. The highest BCUT2D eigenvalue weighted by molar-refractivity contribution is 5.95. The van der Waals surface area contributed by atoms with Crippen LogP contribution in [-0.4, -0.2) is 17.0 Å². The third-order valence-electron chi connectivity index (χ3n) is 2.91. The van der Waals surface area contributed by atoms with E-state index in [4.69, 9.17) is 10.00 Å². The fraction of sp³-hybridized carbons (Fsp3) is 0.200. The van der Waals surface area contributed by atoms with Crippen molar-refractivity contribution in [3.63, 3.8) is 0 Å². The molecule has 0 bridgehead atoms. The van der Waals surface area contributed by atoms with Gasteiger partial charge >= 0.3 is 0 Å². The van der Waals surface area contributed by atoms with Crippen LogP contribution in [0.5, 0.6) is 5.75 Å². The maximum atomic E-state index is 12.0. The van der Waals surface area contributed by atoms with Gasteiger partial charge in [-0.3, -0.25) is 4.79 Å². The molecule has 0 fully saturated rings. The topological polar surface area (TPSA) is 55.0 Å². The number of ether oxygens (including phenoxy) is 1. The first-order valence-corrected chi connectivity index (χ1v) is 5.90. The van der Waals surface area contributed by atoms with Crippen LogP contribution in [0.25, 0.3) is 0 Å². The highest BCUT2D eigenvalue weighted by Gasteiger charge is 2.10. The first-order valence-electron chi connectivity index (χ1n) is 5.90. The molecule has 2 aromatic rings. The quantitative estimate of drug-likeness (QED) is 0.787. The van der Waals surface area contributed by atoms with Crippen LogP contribution >= 0.6 is 0 Å². The largest absolute Gasteiger partial charge is 0.485 e. The van der Waals surface area contributed by atoms with Crippen molar-refractivity contribution in [2.24, 2.45) is 7.05 Å².